The smallest absolute Gasteiger partial charge is 0.262 e. The van der Waals surface area contributed by atoms with E-state index in [9.17, 15) is 9.59 Å². The molecular weight excluding hydrogens is 290 g/mol. The van der Waals surface area contributed by atoms with E-state index >= 15 is 0 Å². The maximum absolute atomic E-state index is 12.3. The molecule has 1 aliphatic heterocycles. The normalized spacial score (nSPS) is 18.0. The molecule has 0 atom stereocenters. The molecule has 5 heteroatoms. The Labute approximate surface area is 128 Å². The van der Waals surface area contributed by atoms with E-state index in [0.29, 0.717) is 34.4 Å². The second-order valence-electron chi connectivity index (χ2n) is 5.78. The molecule has 1 aliphatic carbocycles. The molecule has 4 nitrogen and oxygen atoms in total. The van der Waals surface area contributed by atoms with Crippen LogP contribution in [0.4, 0.5) is 5.69 Å². The molecule has 1 aromatic carbocycles. The van der Waals surface area contributed by atoms with Gasteiger partial charge in [-0.05, 0) is 24.5 Å². The molecule has 0 unspecified atom stereocenters. The predicted molar refractivity (Wildman–Crippen MR) is 81.1 cm³/mol. The number of carbonyl (C=O) groups excluding carboxylic acids is 2. The number of nitrogens with one attached hydrogen (secondary N) is 1. The van der Waals surface area contributed by atoms with E-state index in [0.717, 1.165) is 6.42 Å². The van der Waals surface area contributed by atoms with Crippen molar-refractivity contribution in [1.29, 1.82) is 0 Å². The van der Waals surface area contributed by atoms with Crippen LogP contribution in [0.15, 0.2) is 12.1 Å². The summed E-state index contributed by atoms with van der Waals surface area (Å²) < 4.78 is 5.34. The molecule has 1 N–H and O–H groups in total. The second kappa shape index (κ2) is 6.06. The monoisotopic (exact) mass is 307 g/mol. The Morgan fingerprint density at radius 1 is 1.33 bits per heavy atom. The highest BCUT2D eigenvalue weighted by Crippen LogP contribution is 2.35. The second-order valence-corrected chi connectivity index (χ2v) is 6.18. The molecule has 0 spiro atoms. The molecule has 1 saturated carbocycles. The van der Waals surface area contributed by atoms with Gasteiger partial charge in [-0.2, -0.15) is 0 Å². The van der Waals surface area contributed by atoms with Crippen LogP contribution in [0.1, 0.15) is 48.9 Å². The number of benzene rings is 1. The van der Waals surface area contributed by atoms with Gasteiger partial charge in [0.2, 0.25) is 0 Å². The van der Waals surface area contributed by atoms with Gasteiger partial charge in [0.15, 0.2) is 12.4 Å². The average Bonchev–Trinajstić information content (AvgIpc) is 2.97. The number of ketones is 1. The number of hydrogen-bond acceptors (Lipinski definition) is 3. The van der Waals surface area contributed by atoms with Crippen molar-refractivity contribution in [3.63, 3.8) is 0 Å². The van der Waals surface area contributed by atoms with Gasteiger partial charge in [-0.15, -0.1) is 0 Å². The molecule has 21 heavy (non-hydrogen) atoms. The number of amides is 1. The van der Waals surface area contributed by atoms with Crippen molar-refractivity contribution in [1.82, 2.24) is 0 Å². The molecule has 0 saturated heterocycles. The van der Waals surface area contributed by atoms with E-state index < -0.39 is 0 Å². The third kappa shape index (κ3) is 3.21. The summed E-state index contributed by atoms with van der Waals surface area (Å²) in [5, 5.41) is 3.06. The van der Waals surface area contributed by atoms with Gasteiger partial charge < -0.3 is 10.1 Å². The van der Waals surface area contributed by atoms with Crippen molar-refractivity contribution in [3.8, 4) is 5.75 Å². The van der Waals surface area contributed by atoms with Crippen LogP contribution in [0.2, 0.25) is 5.02 Å². The number of Topliss-reactive ketones (excluding diaryl/α,β-unsaturated/α-hetero) is 1. The highest BCUT2D eigenvalue weighted by molar-refractivity contribution is 6.34. The zero-order valence-electron chi connectivity index (χ0n) is 11.8. The summed E-state index contributed by atoms with van der Waals surface area (Å²) in [6, 6.07) is 3.24. The van der Waals surface area contributed by atoms with Gasteiger partial charge in [-0.3, -0.25) is 9.59 Å². The standard InChI is InChI=1S/C16H18ClNO3/c17-12-8-13-15(21-9-16(20)18-13)7-11(12)14(19)6-5-10-3-1-2-4-10/h7-8,10H,1-6,9H2,(H,18,20). The fourth-order valence-electron chi connectivity index (χ4n) is 3.08. The molecule has 0 bridgehead atoms. The average molecular weight is 308 g/mol. The Morgan fingerprint density at radius 2 is 2.10 bits per heavy atom. The third-order valence-electron chi connectivity index (χ3n) is 4.26. The maximum atomic E-state index is 12.3. The van der Waals surface area contributed by atoms with Crippen molar-refractivity contribution < 1.29 is 14.3 Å². The third-order valence-corrected chi connectivity index (χ3v) is 4.57. The van der Waals surface area contributed by atoms with Gasteiger partial charge in [-0.25, -0.2) is 0 Å². The van der Waals surface area contributed by atoms with Crippen LogP contribution in [0, 0.1) is 5.92 Å². The van der Waals surface area contributed by atoms with E-state index in [4.69, 9.17) is 16.3 Å². The van der Waals surface area contributed by atoms with Crippen LogP contribution in [-0.4, -0.2) is 18.3 Å². The van der Waals surface area contributed by atoms with Gasteiger partial charge in [0.25, 0.3) is 5.91 Å². The fourth-order valence-corrected chi connectivity index (χ4v) is 3.35. The molecule has 2 aliphatic rings. The Kier molecular flexibility index (Phi) is 4.15. The van der Waals surface area contributed by atoms with Crippen molar-refractivity contribution in [2.24, 2.45) is 5.92 Å². The van der Waals surface area contributed by atoms with Crippen molar-refractivity contribution in [3.05, 3.63) is 22.7 Å². The molecular formula is C16H18ClNO3. The number of carbonyl (C=O) groups is 2. The van der Waals surface area contributed by atoms with Gasteiger partial charge in [0.1, 0.15) is 5.75 Å². The summed E-state index contributed by atoms with van der Waals surface area (Å²) in [7, 11) is 0. The zero-order chi connectivity index (χ0) is 14.8. The summed E-state index contributed by atoms with van der Waals surface area (Å²) in [4.78, 5) is 23.6. The quantitative estimate of drug-likeness (QED) is 0.860. The maximum Gasteiger partial charge on any atom is 0.262 e. The lowest BCUT2D eigenvalue weighted by atomic mass is 9.97. The minimum absolute atomic E-state index is 0.0235. The van der Waals surface area contributed by atoms with Crippen molar-refractivity contribution in [2.45, 2.75) is 38.5 Å². The first-order chi connectivity index (χ1) is 10.1. The van der Waals surface area contributed by atoms with Gasteiger partial charge in [-0.1, -0.05) is 37.3 Å². The first-order valence-corrected chi connectivity index (χ1v) is 7.80. The number of anilines is 1. The van der Waals surface area contributed by atoms with Crippen molar-refractivity contribution in [2.75, 3.05) is 11.9 Å². The molecule has 1 aromatic rings. The van der Waals surface area contributed by atoms with E-state index in [1.165, 1.54) is 25.7 Å². The van der Waals surface area contributed by atoms with Gasteiger partial charge in [0.05, 0.1) is 10.7 Å². The minimum atomic E-state index is -0.209. The van der Waals surface area contributed by atoms with Crippen LogP contribution in [0.5, 0.6) is 5.75 Å². The SMILES string of the molecule is O=C1COc2cc(C(=O)CCC3CCCC3)c(Cl)cc2N1. The van der Waals surface area contributed by atoms with E-state index in [1.807, 2.05) is 0 Å². The summed E-state index contributed by atoms with van der Waals surface area (Å²) >= 11 is 6.17. The largest absolute Gasteiger partial charge is 0.482 e. The minimum Gasteiger partial charge on any atom is -0.482 e. The molecule has 1 fully saturated rings. The van der Waals surface area contributed by atoms with Gasteiger partial charge >= 0.3 is 0 Å². The van der Waals surface area contributed by atoms with E-state index in [2.05, 4.69) is 5.32 Å². The Hall–Kier alpha value is -1.55. The van der Waals surface area contributed by atoms with Crippen LogP contribution in [-0.2, 0) is 4.79 Å². The molecule has 0 aromatic heterocycles. The molecule has 112 valence electrons. The van der Waals surface area contributed by atoms with E-state index in [1.54, 1.807) is 12.1 Å². The van der Waals surface area contributed by atoms with Gasteiger partial charge in [0, 0.05) is 12.0 Å². The fraction of sp³-hybridized carbons (Fsp3) is 0.500. The summed E-state index contributed by atoms with van der Waals surface area (Å²) in [6.07, 6.45) is 6.50. The Bertz CT molecular complexity index is 579. The molecule has 0 radical (unpaired) electrons. The number of rotatable bonds is 4. The molecule has 3 rings (SSSR count). The van der Waals surface area contributed by atoms with Crippen LogP contribution >= 0.6 is 11.6 Å². The highest BCUT2D eigenvalue weighted by atomic mass is 35.5. The van der Waals surface area contributed by atoms with Crippen LogP contribution in [0.3, 0.4) is 0 Å². The summed E-state index contributed by atoms with van der Waals surface area (Å²) in [5.41, 5.74) is 1.02. The lowest BCUT2D eigenvalue weighted by Crippen LogP contribution is -2.25. The highest BCUT2D eigenvalue weighted by Gasteiger charge is 2.22. The number of ether oxygens (including phenoxy) is 1. The lowest BCUT2D eigenvalue weighted by Gasteiger charge is -2.19. The number of halogens is 1. The molecule has 1 heterocycles. The lowest BCUT2D eigenvalue weighted by molar-refractivity contribution is -0.118. The number of fused-ring (bicyclic) bond motifs is 1. The Morgan fingerprint density at radius 3 is 2.86 bits per heavy atom. The first-order valence-electron chi connectivity index (χ1n) is 7.43. The number of hydrogen-bond donors (Lipinski definition) is 1. The Balaban J connectivity index is 1.72. The van der Waals surface area contributed by atoms with Crippen LogP contribution < -0.4 is 10.1 Å². The van der Waals surface area contributed by atoms with Crippen LogP contribution in [0.25, 0.3) is 0 Å². The topological polar surface area (TPSA) is 55.4 Å². The predicted octanol–water partition coefficient (Wildman–Crippen LogP) is 3.82. The van der Waals surface area contributed by atoms with E-state index in [-0.39, 0.29) is 18.3 Å². The summed E-state index contributed by atoms with van der Waals surface area (Å²) in [5.74, 6) is 1.04. The zero-order valence-corrected chi connectivity index (χ0v) is 12.5. The summed E-state index contributed by atoms with van der Waals surface area (Å²) in [6.45, 7) is -0.0235. The first kappa shape index (κ1) is 14.4. The molecule has 1 amide bonds. The van der Waals surface area contributed by atoms with Crippen molar-refractivity contribution >= 4 is 29.0 Å².